The molecule has 0 atom stereocenters. The average Bonchev–Trinajstić information content (AvgIpc) is 3.35. The lowest BCUT2D eigenvalue weighted by Gasteiger charge is -2.10. The number of hydrogen-bond donors (Lipinski definition) is 1. The van der Waals surface area contributed by atoms with Crippen LogP contribution in [0.3, 0.4) is 0 Å². The molecule has 37 heavy (non-hydrogen) atoms. The number of rotatable bonds is 8. The Labute approximate surface area is 215 Å². The molecule has 1 amide bonds. The summed E-state index contributed by atoms with van der Waals surface area (Å²) in [7, 11) is 1.39. The normalized spacial score (nSPS) is 10.9. The van der Waals surface area contributed by atoms with Crippen LogP contribution < -0.4 is 14.8 Å². The molecule has 3 aromatic carbocycles. The second kappa shape index (κ2) is 11.7. The molecule has 8 nitrogen and oxygen atoms in total. The number of amides is 1. The van der Waals surface area contributed by atoms with Crippen LogP contribution in [0.2, 0.25) is 0 Å². The SMILES string of the molecule is COc1cc(C=C(C#N)C(=O)Nc2nnc(Cc3ccccc3)s2)ccc1OC(=O)c1ccc(F)cc1. The minimum Gasteiger partial charge on any atom is -0.493 e. The molecule has 0 saturated carbocycles. The first kappa shape index (κ1) is 25.2. The summed E-state index contributed by atoms with van der Waals surface area (Å²) in [5.74, 6) is -1.48. The Balaban J connectivity index is 1.45. The van der Waals surface area contributed by atoms with Crippen molar-refractivity contribution in [1.29, 1.82) is 5.26 Å². The molecule has 184 valence electrons. The fraction of sp³-hybridized carbons (Fsp3) is 0.0741. The molecule has 0 saturated heterocycles. The van der Waals surface area contributed by atoms with Crippen LogP contribution in [-0.4, -0.2) is 29.2 Å². The molecular formula is C27H19FN4O4S. The summed E-state index contributed by atoms with van der Waals surface area (Å²) < 4.78 is 23.8. The number of ether oxygens (including phenoxy) is 2. The van der Waals surface area contributed by atoms with E-state index >= 15 is 0 Å². The van der Waals surface area contributed by atoms with Crippen LogP contribution in [0.15, 0.2) is 78.4 Å². The van der Waals surface area contributed by atoms with Crippen LogP contribution >= 0.6 is 11.3 Å². The highest BCUT2D eigenvalue weighted by Gasteiger charge is 2.16. The number of benzene rings is 3. The van der Waals surface area contributed by atoms with Crippen molar-refractivity contribution in [2.24, 2.45) is 0 Å². The van der Waals surface area contributed by atoms with Crippen LogP contribution in [0.25, 0.3) is 6.08 Å². The molecule has 1 aromatic heterocycles. The molecule has 4 aromatic rings. The molecule has 0 aliphatic heterocycles. The standard InChI is InChI=1S/C27H19FN4O4S/c1-35-23-14-18(7-12-22(23)36-26(34)19-8-10-21(28)11-9-19)13-20(16-29)25(33)30-27-32-31-24(37-27)15-17-5-3-2-4-6-17/h2-14H,15H2,1H3,(H,30,32,33). The van der Waals surface area contributed by atoms with Gasteiger partial charge < -0.3 is 9.47 Å². The molecule has 0 unspecified atom stereocenters. The van der Waals surface area contributed by atoms with Crippen molar-refractivity contribution in [2.45, 2.75) is 6.42 Å². The molecule has 1 heterocycles. The summed E-state index contributed by atoms with van der Waals surface area (Å²) in [6, 6.07) is 21.1. The van der Waals surface area contributed by atoms with E-state index < -0.39 is 17.7 Å². The van der Waals surface area contributed by atoms with E-state index in [0.717, 1.165) is 22.7 Å². The predicted octanol–water partition coefficient (Wildman–Crippen LogP) is 5.04. The molecule has 4 rings (SSSR count). The van der Waals surface area contributed by atoms with E-state index in [1.165, 1.54) is 48.8 Å². The van der Waals surface area contributed by atoms with Crippen molar-refractivity contribution in [3.05, 3.63) is 106 Å². The van der Waals surface area contributed by atoms with Crippen LogP contribution in [0, 0.1) is 17.1 Å². The van der Waals surface area contributed by atoms with Crippen LogP contribution in [0.1, 0.15) is 26.5 Å². The fourth-order valence-electron chi connectivity index (χ4n) is 3.23. The lowest BCUT2D eigenvalue weighted by atomic mass is 10.1. The number of nitrogens with one attached hydrogen (secondary N) is 1. The highest BCUT2D eigenvalue weighted by atomic mass is 32.1. The van der Waals surface area contributed by atoms with Gasteiger partial charge in [0.2, 0.25) is 5.13 Å². The van der Waals surface area contributed by atoms with Gasteiger partial charge in [0.25, 0.3) is 5.91 Å². The lowest BCUT2D eigenvalue weighted by molar-refractivity contribution is -0.112. The van der Waals surface area contributed by atoms with Crippen LogP contribution in [0.4, 0.5) is 9.52 Å². The number of carbonyl (C=O) groups excluding carboxylic acids is 2. The summed E-state index contributed by atoms with van der Waals surface area (Å²) in [5.41, 5.74) is 1.53. The smallest absolute Gasteiger partial charge is 0.343 e. The van der Waals surface area contributed by atoms with E-state index in [1.807, 2.05) is 36.4 Å². The van der Waals surface area contributed by atoms with Gasteiger partial charge in [-0.2, -0.15) is 5.26 Å². The first-order chi connectivity index (χ1) is 17.9. The van der Waals surface area contributed by atoms with Gasteiger partial charge in [-0.3, -0.25) is 10.1 Å². The topological polar surface area (TPSA) is 114 Å². The molecule has 0 aliphatic rings. The maximum atomic E-state index is 13.1. The Kier molecular flexibility index (Phi) is 7.98. The van der Waals surface area contributed by atoms with Gasteiger partial charge in [-0.05, 0) is 53.6 Å². The number of esters is 1. The van der Waals surface area contributed by atoms with Gasteiger partial charge >= 0.3 is 5.97 Å². The quantitative estimate of drug-likeness (QED) is 0.152. The zero-order valence-corrected chi connectivity index (χ0v) is 20.3. The van der Waals surface area contributed by atoms with Gasteiger partial charge in [0, 0.05) is 6.42 Å². The highest BCUT2D eigenvalue weighted by Crippen LogP contribution is 2.30. The Hall–Kier alpha value is -4.88. The van der Waals surface area contributed by atoms with Crippen molar-refractivity contribution in [1.82, 2.24) is 10.2 Å². The third kappa shape index (κ3) is 6.62. The molecule has 1 N–H and O–H groups in total. The minimum absolute atomic E-state index is 0.122. The second-order valence-electron chi connectivity index (χ2n) is 7.59. The van der Waals surface area contributed by atoms with Gasteiger partial charge in [-0.25, -0.2) is 9.18 Å². The van der Waals surface area contributed by atoms with Crippen molar-refractivity contribution in [3.63, 3.8) is 0 Å². The summed E-state index contributed by atoms with van der Waals surface area (Å²) >= 11 is 1.22. The highest BCUT2D eigenvalue weighted by molar-refractivity contribution is 7.15. The lowest BCUT2D eigenvalue weighted by Crippen LogP contribution is -2.13. The Bertz CT molecular complexity index is 1500. The van der Waals surface area contributed by atoms with E-state index in [1.54, 1.807) is 6.07 Å². The molecule has 0 spiro atoms. The fourth-order valence-corrected chi connectivity index (χ4v) is 4.00. The van der Waals surface area contributed by atoms with Crippen molar-refractivity contribution in [3.8, 4) is 17.6 Å². The average molecular weight is 515 g/mol. The first-order valence-corrected chi connectivity index (χ1v) is 11.7. The first-order valence-electron chi connectivity index (χ1n) is 10.9. The number of anilines is 1. The largest absolute Gasteiger partial charge is 0.493 e. The van der Waals surface area contributed by atoms with Crippen LogP contribution in [-0.2, 0) is 11.2 Å². The Morgan fingerprint density at radius 2 is 1.81 bits per heavy atom. The summed E-state index contributed by atoms with van der Waals surface area (Å²) in [4.78, 5) is 25.0. The Morgan fingerprint density at radius 1 is 1.05 bits per heavy atom. The number of nitrogens with zero attached hydrogens (tertiary/aromatic N) is 3. The zero-order chi connectivity index (χ0) is 26.2. The molecule has 0 radical (unpaired) electrons. The van der Waals surface area contributed by atoms with Crippen LogP contribution in [0.5, 0.6) is 11.5 Å². The minimum atomic E-state index is -0.692. The Morgan fingerprint density at radius 3 is 2.51 bits per heavy atom. The molecular weight excluding hydrogens is 495 g/mol. The number of nitriles is 1. The summed E-state index contributed by atoms with van der Waals surface area (Å²) in [6.45, 7) is 0. The maximum Gasteiger partial charge on any atom is 0.343 e. The molecule has 10 heteroatoms. The summed E-state index contributed by atoms with van der Waals surface area (Å²) in [5, 5.41) is 21.2. The number of aromatic nitrogens is 2. The predicted molar refractivity (Wildman–Crippen MR) is 136 cm³/mol. The van der Waals surface area contributed by atoms with E-state index in [-0.39, 0.29) is 27.8 Å². The molecule has 0 aliphatic carbocycles. The van der Waals surface area contributed by atoms with Crippen molar-refractivity contribution in [2.75, 3.05) is 12.4 Å². The van der Waals surface area contributed by atoms with Gasteiger partial charge in [0.15, 0.2) is 11.5 Å². The van der Waals surface area contributed by atoms with E-state index in [9.17, 15) is 19.2 Å². The van der Waals surface area contributed by atoms with Gasteiger partial charge in [0.05, 0.1) is 12.7 Å². The second-order valence-corrected chi connectivity index (χ2v) is 8.66. The monoisotopic (exact) mass is 514 g/mol. The molecule has 0 bridgehead atoms. The molecule has 0 fully saturated rings. The van der Waals surface area contributed by atoms with E-state index in [4.69, 9.17) is 9.47 Å². The van der Waals surface area contributed by atoms with E-state index in [0.29, 0.717) is 12.0 Å². The zero-order valence-electron chi connectivity index (χ0n) is 19.5. The number of halogens is 1. The number of hydrogen-bond acceptors (Lipinski definition) is 8. The van der Waals surface area contributed by atoms with Gasteiger partial charge in [-0.1, -0.05) is 47.7 Å². The van der Waals surface area contributed by atoms with Gasteiger partial charge in [-0.15, -0.1) is 10.2 Å². The third-order valence-corrected chi connectivity index (χ3v) is 5.87. The van der Waals surface area contributed by atoms with Crippen molar-refractivity contribution >= 4 is 34.4 Å². The van der Waals surface area contributed by atoms with Gasteiger partial charge in [0.1, 0.15) is 22.5 Å². The van der Waals surface area contributed by atoms with E-state index in [2.05, 4.69) is 15.5 Å². The van der Waals surface area contributed by atoms with Crippen molar-refractivity contribution < 1.29 is 23.5 Å². The summed E-state index contributed by atoms with van der Waals surface area (Å²) in [6.07, 6.45) is 1.95. The maximum absolute atomic E-state index is 13.1. The number of carbonyl (C=O) groups is 2. The third-order valence-electron chi connectivity index (χ3n) is 5.03. The number of methoxy groups -OCH3 is 1.